The molecule has 1 fully saturated rings. The highest BCUT2D eigenvalue weighted by Crippen LogP contribution is 2.21. The predicted molar refractivity (Wildman–Crippen MR) is 83.1 cm³/mol. The van der Waals surface area contributed by atoms with Crippen LogP contribution in [0.15, 0.2) is 29.2 Å². The Morgan fingerprint density at radius 1 is 1.14 bits per heavy atom. The first-order valence-electron chi connectivity index (χ1n) is 7.55. The number of hydrogen-bond acceptors (Lipinski definition) is 4. The van der Waals surface area contributed by atoms with E-state index < -0.39 is 10.0 Å². The predicted octanol–water partition coefficient (Wildman–Crippen LogP) is 0.973. The molecule has 0 bridgehead atoms. The van der Waals surface area contributed by atoms with Crippen molar-refractivity contribution in [3.8, 4) is 0 Å². The summed E-state index contributed by atoms with van der Waals surface area (Å²) in [5, 5.41) is 11.4. The summed E-state index contributed by atoms with van der Waals surface area (Å²) in [7, 11) is -3.43. The van der Waals surface area contributed by atoms with E-state index in [2.05, 4.69) is 5.32 Å². The molecule has 1 amide bonds. The van der Waals surface area contributed by atoms with Crippen molar-refractivity contribution in [3.63, 3.8) is 0 Å². The summed E-state index contributed by atoms with van der Waals surface area (Å²) in [6.45, 7) is 1.73. The zero-order valence-corrected chi connectivity index (χ0v) is 13.3. The molecule has 22 heavy (non-hydrogen) atoms. The molecule has 1 aromatic rings. The van der Waals surface area contributed by atoms with Crippen LogP contribution in [0.25, 0.3) is 0 Å². The number of nitrogens with one attached hydrogen (secondary N) is 1. The highest BCUT2D eigenvalue weighted by atomic mass is 32.2. The summed E-state index contributed by atoms with van der Waals surface area (Å²) in [4.78, 5) is 12.1. The second kappa shape index (κ2) is 7.71. The molecule has 122 valence electrons. The van der Waals surface area contributed by atoms with Gasteiger partial charge in [-0.3, -0.25) is 4.79 Å². The molecule has 1 heterocycles. The van der Waals surface area contributed by atoms with Crippen molar-refractivity contribution in [3.05, 3.63) is 29.8 Å². The van der Waals surface area contributed by atoms with E-state index >= 15 is 0 Å². The first-order valence-corrected chi connectivity index (χ1v) is 8.99. The maximum Gasteiger partial charge on any atom is 0.251 e. The molecular formula is C15H22N2O4S. The minimum atomic E-state index is -3.43. The molecule has 1 aromatic carbocycles. The van der Waals surface area contributed by atoms with Crippen molar-refractivity contribution in [2.75, 3.05) is 26.2 Å². The van der Waals surface area contributed by atoms with Crippen LogP contribution in [-0.2, 0) is 10.0 Å². The Hall–Kier alpha value is -1.44. The van der Waals surface area contributed by atoms with Crippen molar-refractivity contribution >= 4 is 15.9 Å². The van der Waals surface area contributed by atoms with Gasteiger partial charge in [0.2, 0.25) is 10.0 Å². The van der Waals surface area contributed by atoms with Crippen LogP contribution in [-0.4, -0.2) is 50.0 Å². The largest absolute Gasteiger partial charge is 0.396 e. The lowest BCUT2D eigenvalue weighted by Crippen LogP contribution is -2.28. The zero-order valence-electron chi connectivity index (χ0n) is 12.5. The van der Waals surface area contributed by atoms with E-state index in [1.54, 1.807) is 0 Å². The topological polar surface area (TPSA) is 86.7 Å². The Morgan fingerprint density at radius 2 is 1.77 bits per heavy atom. The molecule has 0 atom stereocenters. The summed E-state index contributed by atoms with van der Waals surface area (Å²) < 4.78 is 26.2. The fourth-order valence-electron chi connectivity index (χ4n) is 2.40. The van der Waals surface area contributed by atoms with Gasteiger partial charge in [-0.05, 0) is 49.9 Å². The third-order valence-electron chi connectivity index (χ3n) is 3.69. The number of sulfonamides is 1. The molecule has 2 rings (SSSR count). The van der Waals surface area contributed by atoms with Gasteiger partial charge in [0.05, 0.1) is 4.90 Å². The third-order valence-corrected chi connectivity index (χ3v) is 5.60. The number of benzene rings is 1. The van der Waals surface area contributed by atoms with Crippen LogP contribution in [0.5, 0.6) is 0 Å². The lowest BCUT2D eigenvalue weighted by molar-refractivity contribution is 0.0952. The Bertz CT molecular complexity index is 592. The minimum absolute atomic E-state index is 0.110. The summed E-state index contributed by atoms with van der Waals surface area (Å²) >= 11 is 0. The van der Waals surface area contributed by atoms with Crippen LogP contribution < -0.4 is 5.32 Å². The first-order chi connectivity index (χ1) is 10.6. The molecule has 7 heteroatoms. The maximum absolute atomic E-state index is 12.4. The lowest BCUT2D eigenvalue weighted by atomic mass is 10.2. The lowest BCUT2D eigenvalue weighted by Gasteiger charge is -2.15. The maximum atomic E-state index is 12.4. The van der Waals surface area contributed by atoms with Crippen LogP contribution in [0.4, 0.5) is 0 Å². The molecule has 1 aliphatic rings. The fraction of sp³-hybridized carbons (Fsp3) is 0.533. The molecule has 0 spiro atoms. The summed E-state index contributed by atoms with van der Waals surface area (Å²) in [6.07, 6.45) is 3.15. The number of aliphatic hydroxyl groups excluding tert-OH is 1. The standard InChI is InChI=1S/C15H22N2O4S/c18-12-4-1-9-16-15(19)13-5-7-14(8-6-13)22(20,21)17-10-2-3-11-17/h5-8,18H,1-4,9-12H2,(H,16,19). The number of unbranched alkanes of at least 4 members (excludes halogenated alkanes) is 1. The molecule has 0 aliphatic carbocycles. The molecule has 0 saturated carbocycles. The van der Waals surface area contributed by atoms with Gasteiger partial charge in [-0.15, -0.1) is 0 Å². The summed E-state index contributed by atoms with van der Waals surface area (Å²) in [5.41, 5.74) is 0.435. The smallest absolute Gasteiger partial charge is 0.251 e. The van der Waals surface area contributed by atoms with Crippen LogP contribution in [0.2, 0.25) is 0 Å². The van der Waals surface area contributed by atoms with Gasteiger partial charge in [0.25, 0.3) is 5.91 Å². The summed E-state index contributed by atoms with van der Waals surface area (Å²) in [6, 6.07) is 6.03. The van der Waals surface area contributed by atoms with Crippen molar-refractivity contribution in [1.82, 2.24) is 9.62 Å². The second-order valence-electron chi connectivity index (χ2n) is 5.32. The molecule has 2 N–H and O–H groups in total. The normalized spacial score (nSPS) is 15.9. The van der Waals surface area contributed by atoms with Crippen molar-refractivity contribution in [2.24, 2.45) is 0 Å². The highest BCUT2D eigenvalue weighted by molar-refractivity contribution is 7.89. The molecule has 0 radical (unpaired) electrons. The second-order valence-corrected chi connectivity index (χ2v) is 7.26. The molecule has 0 aromatic heterocycles. The van der Waals surface area contributed by atoms with Crippen LogP contribution in [0.3, 0.4) is 0 Å². The number of hydrogen-bond donors (Lipinski definition) is 2. The molecule has 0 unspecified atom stereocenters. The first kappa shape index (κ1) is 16.9. The van der Waals surface area contributed by atoms with Gasteiger partial charge < -0.3 is 10.4 Å². The minimum Gasteiger partial charge on any atom is -0.396 e. The van der Waals surface area contributed by atoms with Gasteiger partial charge >= 0.3 is 0 Å². The van der Waals surface area contributed by atoms with E-state index in [4.69, 9.17) is 5.11 Å². The van der Waals surface area contributed by atoms with Crippen molar-refractivity contribution in [2.45, 2.75) is 30.6 Å². The van der Waals surface area contributed by atoms with Gasteiger partial charge in [0, 0.05) is 31.8 Å². The number of amides is 1. The van der Waals surface area contributed by atoms with E-state index in [1.807, 2.05) is 0 Å². The van der Waals surface area contributed by atoms with E-state index in [0.29, 0.717) is 38.0 Å². The number of aliphatic hydroxyl groups is 1. The average Bonchev–Trinajstić information content (AvgIpc) is 3.07. The number of rotatable bonds is 7. The van der Waals surface area contributed by atoms with E-state index in [1.165, 1.54) is 28.6 Å². The summed E-state index contributed by atoms with van der Waals surface area (Å²) in [5.74, 6) is -0.233. The van der Waals surface area contributed by atoms with E-state index in [0.717, 1.165) is 12.8 Å². The van der Waals surface area contributed by atoms with Crippen molar-refractivity contribution in [1.29, 1.82) is 0 Å². The van der Waals surface area contributed by atoms with Crippen molar-refractivity contribution < 1.29 is 18.3 Å². The highest BCUT2D eigenvalue weighted by Gasteiger charge is 2.27. The zero-order chi connectivity index (χ0) is 16.0. The van der Waals surface area contributed by atoms with Gasteiger partial charge in [-0.2, -0.15) is 4.31 Å². The Kier molecular flexibility index (Phi) is 5.93. The van der Waals surface area contributed by atoms with E-state index in [-0.39, 0.29) is 17.4 Å². The van der Waals surface area contributed by atoms with Gasteiger partial charge in [0.15, 0.2) is 0 Å². The Balaban J connectivity index is 1.99. The van der Waals surface area contributed by atoms with Gasteiger partial charge in [0.1, 0.15) is 0 Å². The third kappa shape index (κ3) is 4.06. The van der Waals surface area contributed by atoms with Crippen LogP contribution >= 0.6 is 0 Å². The van der Waals surface area contributed by atoms with E-state index in [9.17, 15) is 13.2 Å². The van der Waals surface area contributed by atoms with Gasteiger partial charge in [-0.1, -0.05) is 0 Å². The number of nitrogens with zero attached hydrogens (tertiary/aromatic N) is 1. The van der Waals surface area contributed by atoms with Crippen LogP contribution in [0.1, 0.15) is 36.0 Å². The Morgan fingerprint density at radius 3 is 2.36 bits per heavy atom. The molecule has 6 nitrogen and oxygen atoms in total. The molecule has 1 saturated heterocycles. The monoisotopic (exact) mass is 326 g/mol. The Labute approximate surface area is 131 Å². The quantitative estimate of drug-likeness (QED) is 0.731. The molecule has 1 aliphatic heterocycles. The average molecular weight is 326 g/mol. The molecular weight excluding hydrogens is 304 g/mol. The fourth-order valence-corrected chi connectivity index (χ4v) is 3.91. The SMILES string of the molecule is O=C(NCCCCO)c1ccc(S(=O)(=O)N2CCCC2)cc1. The number of carbonyl (C=O) groups is 1. The van der Waals surface area contributed by atoms with Crippen LogP contribution in [0, 0.1) is 0 Å². The number of carbonyl (C=O) groups excluding carboxylic acids is 1. The van der Waals surface area contributed by atoms with Gasteiger partial charge in [-0.25, -0.2) is 8.42 Å².